The van der Waals surface area contributed by atoms with Crippen molar-refractivity contribution >= 4 is 35.0 Å². The molecule has 7 heteroatoms. The molecule has 0 fully saturated rings. The first-order chi connectivity index (χ1) is 14.5. The summed E-state index contributed by atoms with van der Waals surface area (Å²) in [6.45, 7) is 0.0238. The van der Waals surface area contributed by atoms with Crippen molar-refractivity contribution < 1.29 is 19.1 Å². The number of amides is 3. The minimum Gasteiger partial charge on any atom is -0.457 e. The van der Waals surface area contributed by atoms with Gasteiger partial charge in [-0.1, -0.05) is 23.7 Å². The van der Waals surface area contributed by atoms with E-state index in [1.807, 2.05) is 0 Å². The van der Waals surface area contributed by atoms with Crippen LogP contribution in [0.5, 0.6) is 11.5 Å². The number of hydrogen-bond donors (Lipinski definition) is 1. The predicted octanol–water partition coefficient (Wildman–Crippen LogP) is 4.76. The first-order valence-corrected chi connectivity index (χ1v) is 9.67. The van der Waals surface area contributed by atoms with E-state index in [0.717, 1.165) is 4.90 Å². The molecule has 0 spiro atoms. The molecule has 4 rings (SSSR count). The van der Waals surface area contributed by atoms with Crippen LogP contribution in [0, 0.1) is 0 Å². The Kier molecular flexibility index (Phi) is 5.50. The van der Waals surface area contributed by atoms with Crippen LogP contribution in [0.3, 0.4) is 0 Å². The van der Waals surface area contributed by atoms with Gasteiger partial charge < -0.3 is 10.1 Å². The van der Waals surface area contributed by atoms with Crippen molar-refractivity contribution in [2.24, 2.45) is 0 Å². The number of fused-ring (bicyclic) bond motifs is 1. The van der Waals surface area contributed by atoms with Crippen molar-refractivity contribution in [1.82, 2.24) is 4.90 Å². The molecule has 0 radical (unpaired) electrons. The molecule has 0 unspecified atom stereocenters. The molecule has 1 aliphatic heterocycles. The van der Waals surface area contributed by atoms with Gasteiger partial charge in [-0.2, -0.15) is 0 Å². The van der Waals surface area contributed by atoms with E-state index in [2.05, 4.69) is 5.32 Å². The summed E-state index contributed by atoms with van der Waals surface area (Å²) in [6, 6.07) is 20.5. The van der Waals surface area contributed by atoms with Crippen molar-refractivity contribution in [2.75, 3.05) is 11.9 Å². The maximum absolute atomic E-state index is 12.3. The average Bonchev–Trinajstić information content (AvgIpc) is 3.00. The van der Waals surface area contributed by atoms with Crippen molar-refractivity contribution in [1.29, 1.82) is 0 Å². The SMILES string of the molecule is O=C(CCN1C(=O)c2ccccc2C1=O)Nc1ccc(Oc2ccc(Cl)cc2)cc1. The number of nitrogens with zero attached hydrogens (tertiary/aromatic N) is 1. The van der Waals surface area contributed by atoms with Crippen LogP contribution in [0.15, 0.2) is 72.8 Å². The molecular weight excluding hydrogens is 404 g/mol. The summed E-state index contributed by atoms with van der Waals surface area (Å²) in [5, 5.41) is 3.38. The van der Waals surface area contributed by atoms with Crippen LogP contribution in [0.1, 0.15) is 27.1 Å². The van der Waals surface area contributed by atoms with E-state index in [9.17, 15) is 14.4 Å². The number of carbonyl (C=O) groups is 3. The van der Waals surface area contributed by atoms with Gasteiger partial charge >= 0.3 is 0 Å². The molecule has 1 N–H and O–H groups in total. The molecule has 3 aromatic carbocycles. The van der Waals surface area contributed by atoms with Gasteiger partial charge in [-0.3, -0.25) is 19.3 Å². The second-order valence-corrected chi connectivity index (χ2v) is 7.12. The molecule has 1 heterocycles. The number of benzene rings is 3. The second kappa shape index (κ2) is 8.39. The Morgan fingerprint density at radius 1 is 0.833 bits per heavy atom. The van der Waals surface area contributed by atoms with E-state index in [0.29, 0.717) is 33.3 Å². The minimum atomic E-state index is -0.368. The largest absolute Gasteiger partial charge is 0.457 e. The third-order valence-corrected chi connectivity index (χ3v) is 4.88. The number of imide groups is 1. The van der Waals surface area contributed by atoms with E-state index in [-0.39, 0.29) is 30.7 Å². The summed E-state index contributed by atoms with van der Waals surface area (Å²) < 4.78 is 5.71. The molecule has 150 valence electrons. The lowest BCUT2D eigenvalue weighted by atomic mass is 10.1. The number of halogens is 1. The molecule has 3 amide bonds. The molecule has 0 aromatic heterocycles. The highest BCUT2D eigenvalue weighted by Gasteiger charge is 2.34. The van der Waals surface area contributed by atoms with Gasteiger partial charge in [0.05, 0.1) is 11.1 Å². The van der Waals surface area contributed by atoms with Gasteiger partial charge in [0.2, 0.25) is 5.91 Å². The molecule has 0 saturated carbocycles. The first kappa shape index (κ1) is 19.7. The topological polar surface area (TPSA) is 75.7 Å². The molecule has 6 nitrogen and oxygen atoms in total. The van der Waals surface area contributed by atoms with Crippen LogP contribution >= 0.6 is 11.6 Å². The number of rotatable bonds is 6. The summed E-state index contributed by atoms with van der Waals surface area (Å²) in [4.78, 5) is 38.0. The summed E-state index contributed by atoms with van der Waals surface area (Å²) in [5.41, 5.74) is 1.34. The van der Waals surface area contributed by atoms with Gasteiger partial charge in [0.15, 0.2) is 0 Å². The van der Waals surface area contributed by atoms with E-state index in [1.54, 1.807) is 72.8 Å². The van der Waals surface area contributed by atoms with Crippen LogP contribution in [-0.4, -0.2) is 29.2 Å². The van der Waals surface area contributed by atoms with Crippen LogP contribution in [-0.2, 0) is 4.79 Å². The fraction of sp³-hybridized carbons (Fsp3) is 0.0870. The van der Waals surface area contributed by atoms with Gasteiger partial charge in [-0.25, -0.2) is 0 Å². The number of hydrogen-bond acceptors (Lipinski definition) is 4. The zero-order valence-electron chi connectivity index (χ0n) is 15.8. The quantitative estimate of drug-likeness (QED) is 0.583. The third-order valence-electron chi connectivity index (χ3n) is 4.63. The normalized spacial score (nSPS) is 12.6. The number of ether oxygens (including phenoxy) is 1. The molecule has 3 aromatic rings. The summed E-state index contributed by atoms with van der Waals surface area (Å²) >= 11 is 5.85. The highest BCUT2D eigenvalue weighted by atomic mass is 35.5. The lowest BCUT2D eigenvalue weighted by Crippen LogP contribution is -2.32. The molecule has 0 atom stereocenters. The number of carbonyl (C=O) groups excluding carboxylic acids is 3. The Balaban J connectivity index is 1.31. The first-order valence-electron chi connectivity index (χ1n) is 9.30. The lowest BCUT2D eigenvalue weighted by Gasteiger charge is -2.13. The molecule has 0 aliphatic carbocycles. The molecule has 0 bridgehead atoms. The summed E-state index contributed by atoms with van der Waals surface area (Å²) in [6.07, 6.45) is 0.00843. The van der Waals surface area contributed by atoms with E-state index in [4.69, 9.17) is 16.3 Å². The fourth-order valence-corrected chi connectivity index (χ4v) is 3.25. The number of anilines is 1. The second-order valence-electron chi connectivity index (χ2n) is 6.69. The van der Waals surface area contributed by atoms with Crippen LogP contribution < -0.4 is 10.1 Å². The monoisotopic (exact) mass is 420 g/mol. The highest BCUT2D eigenvalue weighted by Crippen LogP contribution is 2.25. The Bertz CT molecular complexity index is 1080. The predicted molar refractivity (Wildman–Crippen MR) is 113 cm³/mol. The lowest BCUT2D eigenvalue weighted by molar-refractivity contribution is -0.116. The fourth-order valence-electron chi connectivity index (χ4n) is 3.12. The summed E-state index contributed by atoms with van der Waals surface area (Å²) in [5.74, 6) is 0.232. The van der Waals surface area contributed by atoms with Crippen LogP contribution in [0.25, 0.3) is 0 Å². The van der Waals surface area contributed by atoms with Gasteiger partial charge in [-0.15, -0.1) is 0 Å². The Morgan fingerprint density at radius 2 is 1.37 bits per heavy atom. The zero-order valence-corrected chi connectivity index (χ0v) is 16.6. The highest BCUT2D eigenvalue weighted by molar-refractivity contribution is 6.30. The molecule has 1 aliphatic rings. The summed E-state index contributed by atoms with van der Waals surface area (Å²) in [7, 11) is 0. The van der Waals surface area contributed by atoms with Crippen molar-refractivity contribution in [3.8, 4) is 11.5 Å². The Hall–Kier alpha value is -3.64. The van der Waals surface area contributed by atoms with Crippen LogP contribution in [0.4, 0.5) is 5.69 Å². The maximum Gasteiger partial charge on any atom is 0.261 e. The Labute approximate surface area is 178 Å². The van der Waals surface area contributed by atoms with Crippen molar-refractivity contribution in [3.05, 3.63) is 88.9 Å². The van der Waals surface area contributed by atoms with Gasteiger partial charge in [0, 0.05) is 23.7 Å². The van der Waals surface area contributed by atoms with E-state index in [1.165, 1.54) is 0 Å². The smallest absolute Gasteiger partial charge is 0.261 e. The third kappa shape index (κ3) is 4.18. The average molecular weight is 421 g/mol. The van der Waals surface area contributed by atoms with Gasteiger partial charge in [0.25, 0.3) is 11.8 Å². The zero-order chi connectivity index (χ0) is 21.1. The molecular formula is C23H17ClN2O4. The van der Waals surface area contributed by atoms with Crippen molar-refractivity contribution in [2.45, 2.75) is 6.42 Å². The standard InChI is InChI=1S/C23H17ClN2O4/c24-15-5-9-17(10-6-15)30-18-11-7-16(8-12-18)25-21(27)13-14-26-22(28)19-3-1-2-4-20(19)23(26)29/h1-12H,13-14H2,(H,25,27). The minimum absolute atomic E-state index is 0.00843. The van der Waals surface area contributed by atoms with E-state index < -0.39 is 0 Å². The maximum atomic E-state index is 12.3. The van der Waals surface area contributed by atoms with Crippen molar-refractivity contribution in [3.63, 3.8) is 0 Å². The van der Waals surface area contributed by atoms with Gasteiger partial charge in [0.1, 0.15) is 11.5 Å². The molecule has 30 heavy (non-hydrogen) atoms. The Morgan fingerprint density at radius 3 is 1.93 bits per heavy atom. The van der Waals surface area contributed by atoms with E-state index >= 15 is 0 Å². The van der Waals surface area contributed by atoms with Crippen LogP contribution in [0.2, 0.25) is 5.02 Å². The molecule has 0 saturated heterocycles. The van der Waals surface area contributed by atoms with Gasteiger partial charge in [-0.05, 0) is 60.7 Å². The number of nitrogens with one attached hydrogen (secondary N) is 1.